The SMILES string of the molecule is CN(Cc1ccc2c(c1)OCCO2)C(CO)CCO. The normalized spacial score (nSPS) is 15.6. The summed E-state index contributed by atoms with van der Waals surface area (Å²) in [6.07, 6.45) is 0.567. The van der Waals surface area contributed by atoms with E-state index in [1.54, 1.807) is 0 Å². The molecule has 0 aromatic heterocycles. The fourth-order valence-electron chi connectivity index (χ4n) is 2.20. The van der Waals surface area contributed by atoms with Crippen molar-refractivity contribution < 1.29 is 19.7 Å². The van der Waals surface area contributed by atoms with Crippen LogP contribution in [0.15, 0.2) is 18.2 Å². The molecule has 0 bridgehead atoms. The minimum atomic E-state index is -0.0294. The zero-order valence-corrected chi connectivity index (χ0v) is 11.2. The van der Waals surface area contributed by atoms with Crippen molar-refractivity contribution in [3.63, 3.8) is 0 Å². The van der Waals surface area contributed by atoms with E-state index >= 15 is 0 Å². The van der Waals surface area contributed by atoms with Gasteiger partial charge in [-0.1, -0.05) is 6.07 Å². The molecule has 1 atom stereocenters. The third-order valence-electron chi connectivity index (χ3n) is 3.33. The van der Waals surface area contributed by atoms with Crippen molar-refractivity contribution in [1.29, 1.82) is 0 Å². The molecule has 106 valence electrons. The first kappa shape index (κ1) is 14.1. The number of hydrogen-bond donors (Lipinski definition) is 2. The Morgan fingerprint density at radius 2 is 1.95 bits per heavy atom. The lowest BCUT2D eigenvalue weighted by Crippen LogP contribution is -2.35. The van der Waals surface area contributed by atoms with Crippen LogP contribution in [0.5, 0.6) is 11.5 Å². The second-order valence-electron chi connectivity index (χ2n) is 4.74. The minimum Gasteiger partial charge on any atom is -0.486 e. The summed E-state index contributed by atoms with van der Waals surface area (Å²) in [7, 11) is 1.94. The summed E-state index contributed by atoms with van der Waals surface area (Å²) in [5, 5.41) is 18.3. The van der Waals surface area contributed by atoms with Crippen LogP contribution >= 0.6 is 0 Å². The van der Waals surface area contributed by atoms with Crippen LogP contribution in [-0.2, 0) is 6.54 Å². The van der Waals surface area contributed by atoms with Crippen molar-refractivity contribution in [3.8, 4) is 11.5 Å². The Morgan fingerprint density at radius 1 is 1.21 bits per heavy atom. The van der Waals surface area contributed by atoms with E-state index in [1.807, 2.05) is 30.1 Å². The maximum Gasteiger partial charge on any atom is 0.161 e. The molecule has 1 aromatic rings. The summed E-state index contributed by atoms with van der Waals surface area (Å²) in [6.45, 7) is 1.99. The third-order valence-corrected chi connectivity index (χ3v) is 3.33. The van der Waals surface area contributed by atoms with Gasteiger partial charge in [0.25, 0.3) is 0 Å². The van der Waals surface area contributed by atoms with Gasteiger partial charge < -0.3 is 19.7 Å². The predicted octanol–water partition coefficient (Wildman–Crippen LogP) is 0.633. The molecule has 0 aliphatic carbocycles. The maximum atomic E-state index is 9.30. The molecule has 5 nitrogen and oxygen atoms in total. The van der Waals surface area contributed by atoms with E-state index < -0.39 is 0 Å². The van der Waals surface area contributed by atoms with E-state index in [4.69, 9.17) is 14.6 Å². The summed E-state index contributed by atoms with van der Waals surface area (Å²) in [4.78, 5) is 2.03. The fraction of sp³-hybridized carbons (Fsp3) is 0.571. The number of rotatable bonds is 6. The van der Waals surface area contributed by atoms with Gasteiger partial charge >= 0.3 is 0 Å². The van der Waals surface area contributed by atoms with Crippen molar-refractivity contribution in [1.82, 2.24) is 4.90 Å². The molecule has 0 amide bonds. The van der Waals surface area contributed by atoms with Crippen LogP contribution in [0.1, 0.15) is 12.0 Å². The second-order valence-corrected chi connectivity index (χ2v) is 4.74. The summed E-state index contributed by atoms with van der Waals surface area (Å²) in [6, 6.07) is 5.85. The Hall–Kier alpha value is -1.30. The number of fused-ring (bicyclic) bond motifs is 1. The van der Waals surface area contributed by atoms with Crippen LogP contribution in [0.2, 0.25) is 0 Å². The quantitative estimate of drug-likeness (QED) is 0.791. The van der Waals surface area contributed by atoms with Gasteiger partial charge in [-0.2, -0.15) is 0 Å². The molecule has 5 heteroatoms. The topological polar surface area (TPSA) is 62.2 Å². The van der Waals surface area contributed by atoms with Crippen molar-refractivity contribution >= 4 is 0 Å². The molecule has 0 radical (unpaired) electrons. The lowest BCUT2D eigenvalue weighted by Gasteiger charge is -2.26. The zero-order chi connectivity index (χ0) is 13.7. The van der Waals surface area contributed by atoms with Gasteiger partial charge in [0.05, 0.1) is 6.61 Å². The van der Waals surface area contributed by atoms with Crippen LogP contribution in [0.25, 0.3) is 0 Å². The summed E-state index contributed by atoms with van der Waals surface area (Å²) in [5.74, 6) is 1.56. The monoisotopic (exact) mass is 267 g/mol. The van der Waals surface area contributed by atoms with E-state index in [2.05, 4.69) is 0 Å². The van der Waals surface area contributed by atoms with Gasteiger partial charge in [-0.3, -0.25) is 4.90 Å². The van der Waals surface area contributed by atoms with Crippen molar-refractivity contribution in [2.24, 2.45) is 0 Å². The fourth-order valence-corrected chi connectivity index (χ4v) is 2.20. The van der Waals surface area contributed by atoms with Crippen molar-refractivity contribution in [2.75, 3.05) is 33.5 Å². The molecule has 2 rings (SSSR count). The average molecular weight is 267 g/mol. The molecule has 1 aliphatic heterocycles. The molecule has 0 fully saturated rings. The molecule has 0 spiro atoms. The third kappa shape index (κ3) is 3.59. The van der Waals surface area contributed by atoms with Crippen LogP contribution in [0.4, 0.5) is 0 Å². The Bertz CT molecular complexity index is 410. The van der Waals surface area contributed by atoms with E-state index in [0.717, 1.165) is 17.1 Å². The van der Waals surface area contributed by atoms with Crippen molar-refractivity contribution in [3.05, 3.63) is 23.8 Å². The molecule has 1 unspecified atom stereocenters. The largest absolute Gasteiger partial charge is 0.486 e. The molecule has 2 N–H and O–H groups in total. The average Bonchev–Trinajstić information content (AvgIpc) is 2.44. The predicted molar refractivity (Wildman–Crippen MR) is 71.5 cm³/mol. The van der Waals surface area contributed by atoms with E-state index in [-0.39, 0.29) is 19.3 Å². The number of aliphatic hydroxyl groups is 2. The summed E-state index contributed by atoms with van der Waals surface area (Å²) in [5.41, 5.74) is 1.10. The molecular formula is C14H21NO4. The standard InChI is InChI=1S/C14H21NO4/c1-15(12(10-17)4-5-16)9-11-2-3-13-14(8-11)19-7-6-18-13/h2-3,8,12,16-17H,4-7,9-10H2,1H3. The Kier molecular flexibility index (Phi) is 5.01. The minimum absolute atomic E-state index is 0.0294. The van der Waals surface area contributed by atoms with Crippen LogP contribution < -0.4 is 9.47 Å². The Morgan fingerprint density at radius 3 is 2.63 bits per heavy atom. The van der Waals surface area contributed by atoms with Gasteiger partial charge in [0.15, 0.2) is 11.5 Å². The number of likely N-dealkylation sites (N-methyl/N-ethyl adjacent to an activating group) is 1. The molecule has 19 heavy (non-hydrogen) atoms. The van der Waals surface area contributed by atoms with Gasteiger partial charge in [-0.05, 0) is 31.2 Å². The highest BCUT2D eigenvalue weighted by molar-refractivity contribution is 5.43. The Labute approximate surface area is 113 Å². The number of hydrogen-bond acceptors (Lipinski definition) is 5. The van der Waals surface area contributed by atoms with Crippen LogP contribution in [-0.4, -0.2) is 54.6 Å². The molecule has 1 heterocycles. The second kappa shape index (κ2) is 6.75. The highest BCUT2D eigenvalue weighted by atomic mass is 16.6. The van der Waals surface area contributed by atoms with Gasteiger partial charge in [0.1, 0.15) is 13.2 Å². The maximum absolute atomic E-state index is 9.30. The smallest absolute Gasteiger partial charge is 0.161 e. The lowest BCUT2D eigenvalue weighted by molar-refractivity contribution is 0.114. The molecule has 1 aromatic carbocycles. The van der Waals surface area contributed by atoms with Crippen LogP contribution in [0, 0.1) is 0 Å². The van der Waals surface area contributed by atoms with Gasteiger partial charge in [-0.15, -0.1) is 0 Å². The highest BCUT2D eigenvalue weighted by Crippen LogP contribution is 2.31. The highest BCUT2D eigenvalue weighted by Gasteiger charge is 2.16. The number of benzene rings is 1. The molecular weight excluding hydrogens is 246 g/mol. The number of aliphatic hydroxyl groups excluding tert-OH is 2. The van der Waals surface area contributed by atoms with E-state index in [9.17, 15) is 5.11 Å². The lowest BCUT2D eigenvalue weighted by atomic mass is 10.1. The summed E-state index contributed by atoms with van der Waals surface area (Å²) >= 11 is 0. The molecule has 0 saturated heterocycles. The van der Waals surface area contributed by atoms with E-state index in [1.165, 1.54) is 0 Å². The first-order valence-electron chi connectivity index (χ1n) is 6.55. The summed E-state index contributed by atoms with van der Waals surface area (Å²) < 4.78 is 11.0. The van der Waals surface area contributed by atoms with Crippen molar-refractivity contribution in [2.45, 2.75) is 19.0 Å². The first-order chi connectivity index (χ1) is 9.24. The zero-order valence-electron chi connectivity index (χ0n) is 11.2. The Balaban J connectivity index is 2.02. The number of nitrogens with zero attached hydrogens (tertiary/aromatic N) is 1. The van der Waals surface area contributed by atoms with Gasteiger partial charge in [-0.25, -0.2) is 0 Å². The van der Waals surface area contributed by atoms with E-state index in [0.29, 0.717) is 26.2 Å². The van der Waals surface area contributed by atoms with Gasteiger partial charge in [0.2, 0.25) is 0 Å². The molecule has 1 aliphatic rings. The number of ether oxygens (including phenoxy) is 2. The molecule has 0 saturated carbocycles. The van der Waals surface area contributed by atoms with Crippen LogP contribution in [0.3, 0.4) is 0 Å². The van der Waals surface area contributed by atoms with Gasteiger partial charge in [0, 0.05) is 19.2 Å². The first-order valence-corrected chi connectivity index (χ1v) is 6.55.